The zero-order chi connectivity index (χ0) is 20.7. The maximum absolute atomic E-state index is 12.6. The lowest BCUT2D eigenvalue weighted by atomic mass is 9.92. The van der Waals surface area contributed by atoms with Crippen molar-refractivity contribution in [1.82, 2.24) is 0 Å². The van der Waals surface area contributed by atoms with Crippen LogP contribution < -0.4 is 10.6 Å². The third-order valence-corrected chi connectivity index (χ3v) is 5.94. The molecule has 2 rings (SSSR count). The van der Waals surface area contributed by atoms with Gasteiger partial charge in [-0.2, -0.15) is 0 Å². The minimum absolute atomic E-state index is 0.00172. The van der Waals surface area contributed by atoms with Crippen molar-refractivity contribution in [2.45, 2.75) is 50.7 Å². The van der Waals surface area contributed by atoms with Crippen molar-refractivity contribution >= 4 is 57.5 Å². The summed E-state index contributed by atoms with van der Waals surface area (Å²) in [6, 6.07) is 15.4. The van der Waals surface area contributed by atoms with E-state index < -0.39 is 0 Å². The van der Waals surface area contributed by atoms with Gasteiger partial charge in [0, 0.05) is 26.3 Å². The van der Waals surface area contributed by atoms with Gasteiger partial charge in [0.1, 0.15) is 0 Å². The first-order chi connectivity index (χ1) is 13.2. The number of benzene rings is 2. The van der Waals surface area contributed by atoms with E-state index in [1.807, 2.05) is 76.2 Å². The molecule has 4 nitrogen and oxygen atoms in total. The average Bonchev–Trinajstić information content (AvgIpc) is 2.60. The minimum atomic E-state index is -0.209. The summed E-state index contributed by atoms with van der Waals surface area (Å²) >= 11 is 3.75. The summed E-state index contributed by atoms with van der Waals surface area (Å²) in [5, 5.41) is 5.72. The molecule has 0 aliphatic rings. The number of halogens is 1. The number of nitrogens with one attached hydrogen (secondary N) is 2. The maximum atomic E-state index is 12.6. The van der Waals surface area contributed by atoms with Gasteiger partial charge in [0.25, 0.3) is 0 Å². The highest BCUT2D eigenvalue weighted by atomic mass is 127. The molecule has 0 saturated heterocycles. The zero-order valence-electron chi connectivity index (χ0n) is 16.7. The molecule has 2 N–H and O–H groups in total. The first kappa shape index (κ1) is 22.7. The van der Waals surface area contributed by atoms with Crippen LogP contribution >= 0.6 is 34.4 Å². The fraction of sp³-hybridized carbons (Fsp3) is 0.364. The van der Waals surface area contributed by atoms with E-state index in [1.54, 1.807) is 0 Å². The van der Waals surface area contributed by atoms with E-state index in [2.05, 4.69) is 33.2 Å². The Bertz CT molecular complexity index is 816. The second-order valence-corrected chi connectivity index (χ2v) is 10.3. The van der Waals surface area contributed by atoms with Crippen molar-refractivity contribution < 1.29 is 9.59 Å². The predicted molar refractivity (Wildman–Crippen MR) is 127 cm³/mol. The highest BCUT2D eigenvalue weighted by molar-refractivity contribution is 14.1. The van der Waals surface area contributed by atoms with Crippen molar-refractivity contribution in [3.05, 3.63) is 52.1 Å². The van der Waals surface area contributed by atoms with Gasteiger partial charge >= 0.3 is 0 Å². The molecule has 1 atom stereocenters. The monoisotopic (exact) mass is 510 g/mol. The van der Waals surface area contributed by atoms with Gasteiger partial charge < -0.3 is 10.6 Å². The molecule has 0 aliphatic carbocycles. The Hall–Kier alpha value is -1.54. The van der Waals surface area contributed by atoms with Gasteiger partial charge in [0.05, 0.1) is 5.25 Å². The van der Waals surface area contributed by atoms with Gasteiger partial charge in [-0.25, -0.2) is 0 Å². The van der Waals surface area contributed by atoms with Gasteiger partial charge in [-0.15, -0.1) is 11.8 Å². The quantitative estimate of drug-likeness (QED) is 0.346. The lowest BCUT2D eigenvalue weighted by molar-refractivity contribution is -0.118. The van der Waals surface area contributed by atoms with Crippen molar-refractivity contribution in [3.8, 4) is 0 Å². The highest BCUT2D eigenvalue weighted by Gasteiger charge is 2.19. The lowest BCUT2D eigenvalue weighted by Crippen LogP contribution is -2.24. The molecule has 0 aromatic heterocycles. The fourth-order valence-corrected chi connectivity index (χ4v) is 3.95. The predicted octanol–water partition coefficient (Wildman–Crippen LogP) is 6.18. The van der Waals surface area contributed by atoms with Crippen LogP contribution in [0.1, 0.15) is 40.5 Å². The third-order valence-electron chi connectivity index (χ3n) is 3.86. The zero-order valence-corrected chi connectivity index (χ0v) is 19.7. The van der Waals surface area contributed by atoms with Gasteiger partial charge in [0.15, 0.2) is 0 Å². The topological polar surface area (TPSA) is 58.2 Å². The number of hydrogen-bond acceptors (Lipinski definition) is 3. The van der Waals surface area contributed by atoms with E-state index in [4.69, 9.17) is 0 Å². The molecule has 0 bridgehead atoms. The minimum Gasteiger partial charge on any atom is -0.326 e. The molecule has 2 aromatic carbocycles. The molecule has 2 amide bonds. The Morgan fingerprint density at radius 1 is 1.04 bits per heavy atom. The van der Waals surface area contributed by atoms with Crippen LogP contribution in [0.2, 0.25) is 0 Å². The third kappa shape index (κ3) is 7.83. The molecule has 0 aliphatic heterocycles. The van der Waals surface area contributed by atoms with Crippen LogP contribution in [0.3, 0.4) is 0 Å². The summed E-state index contributed by atoms with van der Waals surface area (Å²) in [6.45, 7) is 8.12. The Balaban J connectivity index is 2.01. The molecule has 0 fully saturated rings. The lowest BCUT2D eigenvalue weighted by Gasteiger charge is -2.18. The standard InChI is InChI=1S/C22H27IN2O2S/c1-5-19(21(27)25-16-11-9-15(23)10-12-16)28-18-8-6-7-17(13-18)24-20(26)14-22(2,3)4/h6-13,19H,5,14H2,1-4H3,(H,24,26)(H,25,27). The van der Waals surface area contributed by atoms with Crippen LogP contribution in [0.4, 0.5) is 11.4 Å². The van der Waals surface area contributed by atoms with Crippen molar-refractivity contribution in [2.24, 2.45) is 5.41 Å². The second kappa shape index (κ2) is 10.3. The Morgan fingerprint density at radius 2 is 1.71 bits per heavy atom. The highest BCUT2D eigenvalue weighted by Crippen LogP contribution is 2.29. The normalized spacial score (nSPS) is 12.3. The average molecular weight is 510 g/mol. The number of amides is 2. The molecule has 150 valence electrons. The number of rotatable bonds is 7. The summed E-state index contributed by atoms with van der Waals surface area (Å²) in [6.07, 6.45) is 1.17. The van der Waals surface area contributed by atoms with Crippen LogP contribution in [-0.4, -0.2) is 17.1 Å². The van der Waals surface area contributed by atoms with Crippen molar-refractivity contribution in [3.63, 3.8) is 0 Å². The second-order valence-electron chi connectivity index (χ2n) is 7.82. The van der Waals surface area contributed by atoms with E-state index in [0.717, 1.165) is 19.8 Å². The van der Waals surface area contributed by atoms with Gasteiger partial charge in [-0.05, 0) is 76.9 Å². The number of anilines is 2. The summed E-state index contributed by atoms with van der Waals surface area (Å²) in [5.41, 5.74) is 1.50. The number of hydrogen-bond donors (Lipinski definition) is 2. The molecule has 2 aromatic rings. The van der Waals surface area contributed by atoms with Gasteiger partial charge in [0.2, 0.25) is 11.8 Å². The van der Waals surface area contributed by atoms with Crippen LogP contribution in [0.25, 0.3) is 0 Å². The molecular weight excluding hydrogens is 483 g/mol. The molecule has 0 radical (unpaired) electrons. The van der Waals surface area contributed by atoms with Crippen molar-refractivity contribution in [1.29, 1.82) is 0 Å². The smallest absolute Gasteiger partial charge is 0.237 e. The molecule has 28 heavy (non-hydrogen) atoms. The molecule has 0 saturated carbocycles. The molecular formula is C22H27IN2O2S. The van der Waals surface area contributed by atoms with E-state index in [-0.39, 0.29) is 22.5 Å². The largest absolute Gasteiger partial charge is 0.326 e. The summed E-state index contributed by atoms with van der Waals surface area (Å²) in [5.74, 6) is -0.0194. The summed E-state index contributed by atoms with van der Waals surface area (Å²) in [4.78, 5) is 25.8. The summed E-state index contributed by atoms with van der Waals surface area (Å²) in [7, 11) is 0. The molecule has 0 spiro atoms. The van der Waals surface area contributed by atoms with E-state index in [0.29, 0.717) is 12.8 Å². The number of thioether (sulfide) groups is 1. The number of carbonyl (C=O) groups is 2. The molecule has 0 heterocycles. The summed E-state index contributed by atoms with van der Waals surface area (Å²) < 4.78 is 1.13. The SMILES string of the molecule is CCC(Sc1cccc(NC(=O)CC(C)(C)C)c1)C(=O)Nc1ccc(I)cc1. The Morgan fingerprint density at radius 3 is 2.32 bits per heavy atom. The van der Waals surface area contributed by atoms with E-state index >= 15 is 0 Å². The van der Waals surface area contributed by atoms with Crippen LogP contribution in [0.15, 0.2) is 53.4 Å². The van der Waals surface area contributed by atoms with E-state index in [1.165, 1.54) is 11.8 Å². The Kier molecular flexibility index (Phi) is 8.37. The first-order valence-corrected chi connectivity index (χ1v) is 11.2. The van der Waals surface area contributed by atoms with Crippen molar-refractivity contribution in [2.75, 3.05) is 10.6 Å². The Labute approximate surface area is 185 Å². The van der Waals surface area contributed by atoms with Gasteiger partial charge in [-0.3, -0.25) is 9.59 Å². The van der Waals surface area contributed by atoms with Crippen LogP contribution in [0.5, 0.6) is 0 Å². The fourth-order valence-electron chi connectivity index (χ4n) is 2.58. The van der Waals surface area contributed by atoms with E-state index in [9.17, 15) is 9.59 Å². The van der Waals surface area contributed by atoms with Crippen LogP contribution in [0, 0.1) is 8.99 Å². The first-order valence-electron chi connectivity index (χ1n) is 9.29. The molecule has 1 unspecified atom stereocenters. The molecule has 6 heteroatoms. The maximum Gasteiger partial charge on any atom is 0.237 e. The van der Waals surface area contributed by atoms with Gasteiger partial charge in [-0.1, -0.05) is 33.8 Å². The van der Waals surface area contributed by atoms with Crippen LogP contribution in [-0.2, 0) is 9.59 Å². The number of carbonyl (C=O) groups excluding carboxylic acids is 2.